The Labute approximate surface area is 110 Å². The van der Waals surface area contributed by atoms with Crippen molar-refractivity contribution in [3.8, 4) is 5.75 Å². The average Bonchev–Trinajstić information content (AvgIpc) is 2.87. The van der Waals surface area contributed by atoms with Gasteiger partial charge in [0.15, 0.2) is 0 Å². The highest BCUT2D eigenvalue weighted by molar-refractivity contribution is 5.38. The number of ether oxygens (including phenoxy) is 1. The van der Waals surface area contributed by atoms with E-state index in [-0.39, 0.29) is 0 Å². The Kier molecular flexibility index (Phi) is 3.84. The molecule has 1 fully saturated rings. The van der Waals surface area contributed by atoms with Crippen LogP contribution in [0.5, 0.6) is 5.75 Å². The lowest BCUT2D eigenvalue weighted by molar-refractivity contribution is 0.183. The number of piperidine rings is 1. The smallest absolute Gasteiger partial charge is 0.119 e. The second-order valence-electron chi connectivity index (χ2n) is 5.53. The molecule has 1 saturated heterocycles. The lowest BCUT2D eigenvalue weighted by Gasteiger charge is -2.26. The van der Waals surface area contributed by atoms with E-state index in [9.17, 15) is 0 Å². The predicted octanol–water partition coefficient (Wildman–Crippen LogP) is 3.04. The largest absolute Gasteiger partial charge is 0.492 e. The molecular formula is C16H23NO. The normalized spacial score (nSPS) is 19.8. The SMILES string of the molecule is c1cc2c(cc1OCCN1CCCCC1)CCC2. The minimum atomic E-state index is 0.832. The first-order valence-corrected chi connectivity index (χ1v) is 7.39. The van der Waals surface area contributed by atoms with Crippen molar-refractivity contribution in [1.29, 1.82) is 0 Å². The number of hydrogen-bond donors (Lipinski definition) is 0. The summed E-state index contributed by atoms with van der Waals surface area (Å²) in [6.07, 6.45) is 7.93. The van der Waals surface area contributed by atoms with Crippen molar-refractivity contribution in [2.24, 2.45) is 0 Å². The van der Waals surface area contributed by atoms with Gasteiger partial charge >= 0.3 is 0 Å². The fourth-order valence-corrected chi connectivity index (χ4v) is 3.11. The van der Waals surface area contributed by atoms with E-state index in [2.05, 4.69) is 23.1 Å². The molecule has 0 amide bonds. The second-order valence-corrected chi connectivity index (χ2v) is 5.53. The van der Waals surface area contributed by atoms with Gasteiger partial charge in [0, 0.05) is 6.54 Å². The summed E-state index contributed by atoms with van der Waals surface area (Å²) in [4.78, 5) is 2.52. The highest BCUT2D eigenvalue weighted by Crippen LogP contribution is 2.25. The lowest BCUT2D eigenvalue weighted by Crippen LogP contribution is -2.33. The van der Waals surface area contributed by atoms with E-state index in [1.54, 1.807) is 0 Å². The maximum absolute atomic E-state index is 5.89. The van der Waals surface area contributed by atoms with Crippen LogP contribution in [-0.2, 0) is 12.8 Å². The van der Waals surface area contributed by atoms with Crippen LogP contribution < -0.4 is 4.74 Å². The standard InChI is InChI=1S/C16H23NO/c1-2-9-17(10-3-1)11-12-18-16-8-7-14-5-4-6-15(14)13-16/h7-8,13H,1-6,9-12H2. The minimum Gasteiger partial charge on any atom is -0.492 e. The average molecular weight is 245 g/mol. The van der Waals surface area contributed by atoms with Crippen molar-refractivity contribution in [1.82, 2.24) is 4.90 Å². The van der Waals surface area contributed by atoms with Gasteiger partial charge in [0.2, 0.25) is 0 Å². The van der Waals surface area contributed by atoms with E-state index in [1.165, 1.54) is 62.7 Å². The molecule has 2 aliphatic rings. The van der Waals surface area contributed by atoms with E-state index in [4.69, 9.17) is 4.74 Å². The third kappa shape index (κ3) is 2.86. The van der Waals surface area contributed by atoms with E-state index in [0.29, 0.717) is 0 Å². The summed E-state index contributed by atoms with van der Waals surface area (Å²) in [5.74, 6) is 1.06. The summed E-state index contributed by atoms with van der Waals surface area (Å²) < 4.78 is 5.89. The summed E-state index contributed by atoms with van der Waals surface area (Å²) in [6, 6.07) is 6.64. The van der Waals surface area contributed by atoms with Crippen LogP contribution in [0.2, 0.25) is 0 Å². The number of nitrogens with zero attached hydrogens (tertiary/aromatic N) is 1. The van der Waals surface area contributed by atoms with Crippen molar-refractivity contribution < 1.29 is 4.74 Å². The highest BCUT2D eigenvalue weighted by atomic mass is 16.5. The number of likely N-dealkylation sites (tertiary alicyclic amines) is 1. The van der Waals surface area contributed by atoms with Crippen LogP contribution in [0.15, 0.2) is 18.2 Å². The van der Waals surface area contributed by atoms with Gasteiger partial charge in [-0.3, -0.25) is 4.90 Å². The Morgan fingerprint density at radius 1 is 0.944 bits per heavy atom. The molecular weight excluding hydrogens is 222 g/mol. The van der Waals surface area contributed by atoms with Crippen molar-refractivity contribution in [2.45, 2.75) is 38.5 Å². The number of rotatable bonds is 4. The molecule has 18 heavy (non-hydrogen) atoms. The van der Waals surface area contributed by atoms with Crippen LogP contribution >= 0.6 is 0 Å². The second kappa shape index (κ2) is 5.75. The number of hydrogen-bond acceptors (Lipinski definition) is 2. The van der Waals surface area contributed by atoms with Gasteiger partial charge < -0.3 is 4.74 Å². The predicted molar refractivity (Wildman–Crippen MR) is 74.3 cm³/mol. The molecule has 0 unspecified atom stereocenters. The Hall–Kier alpha value is -1.02. The van der Waals surface area contributed by atoms with E-state index in [1.807, 2.05) is 0 Å². The maximum atomic E-state index is 5.89. The summed E-state index contributed by atoms with van der Waals surface area (Å²) in [5, 5.41) is 0. The van der Waals surface area contributed by atoms with Gasteiger partial charge in [-0.1, -0.05) is 12.5 Å². The third-order valence-electron chi connectivity index (χ3n) is 4.19. The summed E-state index contributed by atoms with van der Waals surface area (Å²) >= 11 is 0. The Bertz CT molecular complexity index is 396. The van der Waals surface area contributed by atoms with Crippen molar-refractivity contribution in [3.05, 3.63) is 29.3 Å². The van der Waals surface area contributed by atoms with Gasteiger partial charge in [0.25, 0.3) is 0 Å². The van der Waals surface area contributed by atoms with E-state index < -0.39 is 0 Å². The molecule has 1 aromatic rings. The zero-order chi connectivity index (χ0) is 12.2. The molecule has 0 saturated carbocycles. The monoisotopic (exact) mass is 245 g/mol. The highest BCUT2D eigenvalue weighted by Gasteiger charge is 2.12. The molecule has 98 valence electrons. The van der Waals surface area contributed by atoms with Crippen LogP contribution in [0.1, 0.15) is 36.8 Å². The first kappa shape index (κ1) is 12.0. The van der Waals surface area contributed by atoms with Gasteiger partial charge in [0.05, 0.1) is 0 Å². The minimum absolute atomic E-state index is 0.832. The number of fused-ring (bicyclic) bond motifs is 1. The number of aryl methyl sites for hydroxylation is 2. The van der Waals surface area contributed by atoms with Gasteiger partial charge in [0.1, 0.15) is 12.4 Å². The molecule has 0 atom stereocenters. The van der Waals surface area contributed by atoms with E-state index in [0.717, 1.165) is 18.9 Å². The molecule has 1 heterocycles. The first-order valence-electron chi connectivity index (χ1n) is 7.39. The molecule has 0 radical (unpaired) electrons. The lowest BCUT2D eigenvalue weighted by atomic mass is 10.1. The molecule has 3 rings (SSSR count). The topological polar surface area (TPSA) is 12.5 Å². The van der Waals surface area contributed by atoms with Gasteiger partial charge in [-0.05, 0) is 68.5 Å². The molecule has 2 heteroatoms. The van der Waals surface area contributed by atoms with Crippen LogP contribution in [0, 0.1) is 0 Å². The molecule has 0 N–H and O–H groups in total. The zero-order valence-electron chi connectivity index (χ0n) is 11.2. The van der Waals surface area contributed by atoms with Gasteiger partial charge in [-0.15, -0.1) is 0 Å². The molecule has 0 spiro atoms. The van der Waals surface area contributed by atoms with E-state index >= 15 is 0 Å². The molecule has 1 aromatic carbocycles. The van der Waals surface area contributed by atoms with Crippen LogP contribution in [0.3, 0.4) is 0 Å². The molecule has 0 aromatic heterocycles. The van der Waals surface area contributed by atoms with Crippen molar-refractivity contribution in [2.75, 3.05) is 26.2 Å². The Morgan fingerprint density at radius 2 is 1.78 bits per heavy atom. The fraction of sp³-hybridized carbons (Fsp3) is 0.625. The maximum Gasteiger partial charge on any atom is 0.119 e. The van der Waals surface area contributed by atoms with Gasteiger partial charge in [-0.25, -0.2) is 0 Å². The Balaban J connectivity index is 1.48. The third-order valence-corrected chi connectivity index (χ3v) is 4.19. The van der Waals surface area contributed by atoms with Crippen molar-refractivity contribution >= 4 is 0 Å². The molecule has 2 nitrogen and oxygen atoms in total. The number of benzene rings is 1. The molecule has 1 aliphatic heterocycles. The first-order chi connectivity index (χ1) is 8.92. The van der Waals surface area contributed by atoms with Crippen LogP contribution in [0.25, 0.3) is 0 Å². The zero-order valence-corrected chi connectivity index (χ0v) is 11.2. The summed E-state index contributed by atoms with van der Waals surface area (Å²) in [6.45, 7) is 4.43. The molecule has 0 bridgehead atoms. The molecule has 1 aliphatic carbocycles. The van der Waals surface area contributed by atoms with Crippen molar-refractivity contribution in [3.63, 3.8) is 0 Å². The summed E-state index contributed by atoms with van der Waals surface area (Å²) in [5.41, 5.74) is 3.03. The fourth-order valence-electron chi connectivity index (χ4n) is 3.11. The van der Waals surface area contributed by atoms with Crippen LogP contribution in [0.4, 0.5) is 0 Å². The summed E-state index contributed by atoms with van der Waals surface area (Å²) in [7, 11) is 0. The quantitative estimate of drug-likeness (QED) is 0.808. The van der Waals surface area contributed by atoms with Gasteiger partial charge in [-0.2, -0.15) is 0 Å². The van der Waals surface area contributed by atoms with Crippen LogP contribution in [-0.4, -0.2) is 31.1 Å². The Morgan fingerprint density at radius 3 is 2.67 bits per heavy atom.